The zero-order valence-electron chi connectivity index (χ0n) is 15.2. The topological polar surface area (TPSA) is 104 Å². The molecule has 1 aliphatic heterocycles. The first-order valence-electron chi connectivity index (χ1n) is 8.63. The Kier molecular flexibility index (Phi) is 5.20. The van der Waals surface area contributed by atoms with Gasteiger partial charge in [0.1, 0.15) is 12.1 Å². The summed E-state index contributed by atoms with van der Waals surface area (Å²) in [6, 6.07) is 3.87. The van der Waals surface area contributed by atoms with Crippen molar-refractivity contribution in [3.8, 4) is 10.4 Å². The summed E-state index contributed by atoms with van der Waals surface area (Å²) in [5.74, 6) is 0.688. The molecule has 0 bridgehead atoms. The molecule has 0 unspecified atom stereocenters. The van der Waals surface area contributed by atoms with E-state index in [-0.39, 0.29) is 0 Å². The van der Waals surface area contributed by atoms with Gasteiger partial charge in [0, 0.05) is 68.3 Å². The standard InChI is InChI=1S/C17H19N7O2S2/c1-28(25,26)24-6-4-23(5-7-24)14-2-3-20-16(8-14)22-17-21-11-15(27-17)13-9-18-12-19-10-13/h2-3,8-12H,4-7H2,1H3,(H,20,21,22). The predicted octanol–water partition coefficient (Wildman–Crippen LogP) is 1.82. The Balaban J connectivity index is 1.44. The van der Waals surface area contributed by atoms with Gasteiger partial charge in [-0.15, -0.1) is 0 Å². The highest BCUT2D eigenvalue weighted by atomic mass is 32.2. The zero-order chi connectivity index (χ0) is 19.6. The highest BCUT2D eigenvalue weighted by Gasteiger charge is 2.23. The van der Waals surface area contributed by atoms with Crippen molar-refractivity contribution in [2.45, 2.75) is 0 Å². The molecule has 0 aromatic carbocycles. The fourth-order valence-corrected chi connectivity index (χ4v) is 4.59. The second-order valence-electron chi connectivity index (χ2n) is 6.33. The molecule has 0 spiro atoms. The van der Waals surface area contributed by atoms with Gasteiger partial charge in [0.05, 0.1) is 11.1 Å². The van der Waals surface area contributed by atoms with Gasteiger partial charge >= 0.3 is 0 Å². The second-order valence-corrected chi connectivity index (χ2v) is 9.34. The van der Waals surface area contributed by atoms with Crippen molar-refractivity contribution in [3.05, 3.63) is 43.2 Å². The lowest BCUT2D eigenvalue weighted by molar-refractivity contribution is 0.388. The van der Waals surface area contributed by atoms with Crippen LogP contribution in [0.25, 0.3) is 10.4 Å². The van der Waals surface area contributed by atoms with Crippen molar-refractivity contribution < 1.29 is 8.42 Å². The van der Waals surface area contributed by atoms with Crippen molar-refractivity contribution in [3.63, 3.8) is 0 Å². The molecule has 0 radical (unpaired) electrons. The van der Waals surface area contributed by atoms with E-state index in [1.165, 1.54) is 28.2 Å². The lowest BCUT2D eigenvalue weighted by Gasteiger charge is -2.34. The predicted molar refractivity (Wildman–Crippen MR) is 109 cm³/mol. The third-order valence-electron chi connectivity index (χ3n) is 4.40. The van der Waals surface area contributed by atoms with Crippen molar-refractivity contribution in [2.75, 3.05) is 42.7 Å². The molecule has 0 atom stereocenters. The zero-order valence-corrected chi connectivity index (χ0v) is 16.8. The summed E-state index contributed by atoms with van der Waals surface area (Å²) in [5.41, 5.74) is 1.91. The van der Waals surface area contributed by atoms with Crippen LogP contribution < -0.4 is 10.2 Å². The SMILES string of the molecule is CS(=O)(=O)N1CCN(c2ccnc(Nc3ncc(-c4cncnc4)s3)c2)CC1. The minimum Gasteiger partial charge on any atom is -0.369 e. The Morgan fingerprint density at radius 3 is 2.54 bits per heavy atom. The first-order chi connectivity index (χ1) is 13.5. The van der Waals surface area contributed by atoms with Crippen LogP contribution in [0.2, 0.25) is 0 Å². The van der Waals surface area contributed by atoms with Gasteiger partial charge in [0.25, 0.3) is 0 Å². The smallest absolute Gasteiger partial charge is 0.211 e. The van der Waals surface area contributed by atoms with E-state index < -0.39 is 10.0 Å². The minimum atomic E-state index is -3.13. The molecule has 1 aliphatic rings. The maximum atomic E-state index is 11.7. The Bertz CT molecular complexity index is 1050. The summed E-state index contributed by atoms with van der Waals surface area (Å²) < 4.78 is 24.8. The molecule has 1 saturated heterocycles. The maximum Gasteiger partial charge on any atom is 0.211 e. The molecule has 9 nitrogen and oxygen atoms in total. The van der Waals surface area contributed by atoms with E-state index in [0.717, 1.165) is 21.3 Å². The lowest BCUT2D eigenvalue weighted by Crippen LogP contribution is -2.48. The third-order valence-corrected chi connectivity index (χ3v) is 6.67. The van der Waals surface area contributed by atoms with Crippen LogP contribution in [0.3, 0.4) is 0 Å². The number of rotatable bonds is 5. The summed E-state index contributed by atoms with van der Waals surface area (Å²) in [6.45, 7) is 2.26. The van der Waals surface area contributed by atoms with Crippen molar-refractivity contribution in [1.82, 2.24) is 24.2 Å². The minimum absolute atomic E-state index is 0.485. The molecule has 3 aromatic rings. The van der Waals surface area contributed by atoms with E-state index in [2.05, 4.69) is 30.2 Å². The molecule has 4 heterocycles. The average molecular weight is 418 g/mol. The lowest BCUT2D eigenvalue weighted by atomic mass is 10.3. The maximum absolute atomic E-state index is 11.7. The number of anilines is 3. The van der Waals surface area contributed by atoms with Crippen LogP contribution >= 0.6 is 11.3 Å². The number of piperazine rings is 1. The van der Waals surface area contributed by atoms with E-state index in [1.807, 2.05) is 12.1 Å². The molecule has 0 saturated carbocycles. The number of hydrogen-bond donors (Lipinski definition) is 1. The van der Waals surface area contributed by atoms with Gasteiger partial charge in [0.2, 0.25) is 10.0 Å². The fourth-order valence-electron chi connectivity index (χ4n) is 2.96. The van der Waals surface area contributed by atoms with Crippen molar-refractivity contribution in [2.24, 2.45) is 0 Å². The van der Waals surface area contributed by atoms with Crippen LogP contribution in [-0.4, -0.2) is 65.1 Å². The van der Waals surface area contributed by atoms with Crippen molar-refractivity contribution in [1.29, 1.82) is 0 Å². The number of nitrogens with one attached hydrogen (secondary N) is 1. The van der Waals surface area contributed by atoms with Gasteiger partial charge in [0.15, 0.2) is 5.13 Å². The van der Waals surface area contributed by atoms with Crippen LogP contribution in [0.15, 0.2) is 43.2 Å². The van der Waals surface area contributed by atoms with Gasteiger partial charge < -0.3 is 10.2 Å². The normalized spacial score (nSPS) is 15.5. The van der Waals surface area contributed by atoms with Crippen LogP contribution in [-0.2, 0) is 10.0 Å². The molecule has 28 heavy (non-hydrogen) atoms. The van der Waals surface area contributed by atoms with Crippen LogP contribution in [0, 0.1) is 0 Å². The first-order valence-corrected chi connectivity index (χ1v) is 11.3. The fraction of sp³-hybridized carbons (Fsp3) is 0.294. The molecule has 0 amide bonds. The highest BCUT2D eigenvalue weighted by Crippen LogP contribution is 2.30. The third kappa shape index (κ3) is 4.26. The molecule has 1 fully saturated rings. The Labute approximate surface area is 167 Å². The van der Waals surface area contributed by atoms with Gasteiger partial charge in [-0.25, -0.2) is 28.4 Å². The molecule has 1 N–H and O–H groups in total. The number of sulfonamides is 1. The molecular formula is C17H19N7O2S2. The highest BCUT2D eigenvalue weighted by molar-refractivity contribution is 7.88. The Morgan fingerprint density at radius 1 is 1.07 bits per heavy atom. The summed E-state index contributed by atoms with van der Waals surface area (Å²) in [4.78, 5) is 19.9. The van der Waals surface area contributed by atoms with E-state index in [1.54, 1.807) is 24.8 Å². The summed E-state index contributed by atoms with van der Waals surface area (Å²) in [5, 5.41) is 3.96. The van der Waals surface area contributed by atoms with Crippen LogP contribution in [0.1, 0.15) is 0 Å². The molecule has 3 aromatic heterocycles. The first kappa shape index (κ1) is 18.7. The van der Waals surface area contributed by atoms with Gasteiger partial charge in [-0.2, -0.15) is 4.31 Å². The Hall–Kier alpha value is -2.63. The largest absolute Gasteiger partial charge is 0.369 e. The molecule has 4 rings (SSSR count). The second kappa shape index (κ2) is 7.78. The number of hydrogen-bond acceptors (Lipinski definition) is 9. The van der Waals surface area contributed by atoms with Gasteiger partial charge in [-0.3, -0.25) is 0 Å². The number of nitrogens with zero attached hydrogens (tertiary/aromatic N) is 6. The Morgan fingerprint density at radius 2 is 1.82 bits per heavy atom. The summed E-state index contributed by atoms with van der Waals surface area (Å²) in [7, 11) is -3.13. The number of pyridine rings is 1. The van der Waals surface area contributed by atoms with Gasteiger partial charge in [-0.1, -0.05) is 11.3 Å². The van der Waals surface area contributed by atoms with Crippen molar-refractivity contribution >= 4 is 38.0 Å². The molecule has 146 valence electrons. The number of aromatic nitrogens is 4. The monoisotopic (exact) mass is 417 g/mol. The molecule has 0 aliphatic carbocycles. The van der Waals surface area contributed by atoms with E-state index in [0.29, 0.717) is 32.0 Å². The average Bonchev–Trinajstić information content (AvgIpc) is 3.17. The summed E-state index contributed by atoms with van der Waals surface area (Å²) in [6.07, 6.45) is 9.76. The molecular weight excluding hydrogens is 398 g/mol. The summed E-state index contributed by atoms with van der Waals surface area (Å²) >= 11 is 1.50. The molecule has 11 heteroatoms. The number of thiazole rings is 1. The van der Waals surface area contributed by atoms with E-state index in [9.17, 15) is 8.42 Å². The van der Waals surface area contributed by atoms with E-state index in [4.69, 9.17) is 0 Å². The van der Waals surface area contributed by atoms with E-state index >= 15 is 0 Å². The quantitative estimate of drug-likeness (QED) is 0.670. The van der Waals surface area contributed by atoms with Gasteiger partial charge in [-0.05, 0) is 6.07 Å². The van der Waals surface area contributed by atoms with Crippen LogP contribution in [0.4, 0.5) is 16.6 Å². The van der Waals surface area contributed by atoms with Crippen LogP contribution in [0.5, 0.6) is 0 Å².